The molecule has 1 N–H and O–H groups in total. The Hall–Kier alpha value is -3.64. The summed E-state index contributed by atoms with van der Waals surface area (Å²) in [6.45, 7) is 0. The van der Waals surface area contributed by atoms with Gasteiger partial charge >= 0.3 is 0 Å². The van der Waals surface area contributed by atoms with E-state index in [1.165, 1.54) is 35.7 Å². The van der Waals surface area contributed by atoms with Crippen LogP contribution in [0.1, 0.15) is 5.01 Å². The number of benzene rings is 2. The smallest absolute Gasteiger partial charge is 0.295 e. The van der Waals surface area contributed by atoms with Crippen molar-refractivity contribution in [3.05, 3.63) is 80.8 Å². The van der Waals surface area contributed by atoms with Crippen molar-refractivity contribution in [1.82, 2.24) is 4.98 Å². The Kier molecular flexibility index (Phi) is 5.19. The van der Waals surface area contributed by atoms with E-state index in [0.717, 1.165) is 12.1 Å². The number of nitriles is 1. The Bertz CT molecular complexity index is 1070. The highest BCUT2D eigenvalue weighted by molar-refractivity contribution is 7.11. The first-order valence-corrected chi connectivity index (χ1v) is 8.38. The lowest BCUT2D eigenvalue weighted by molar-refractivity contribution is -0.384. The second-order valence-electron chi connectivity index (χ2n) is 5.28. The van der Waals surface area contributed by atoms with Crippen LogP contribution in [0.25, 0.3) is 16.8 Å². The SMILES string of the molecule is N#C/C(=C/Nc1ccc(F)cc1[N+](=O)[O-])c1nc(-c2ccc(F)cc2)cs1. The van der Waals surface area contributed by atoms with Gasteiger partial charge in [0.05, 0.1) is 16.7 Å². The highest BCUT2D eigenvalue weighted by Gasteiger charge is 2.15. The fourth-order valence-electron chi connectivity index (χ4n) is 2.22. The lowest BCUT2D eigenvalue weighted by Gasteiger charge is -2.03. The number of nitrogens with zero attached hydrogens (tertiary/aromatic N) is 3. The zero-order valence-electron chi connectivity index (χ0n) is 13.5. The maximum atomic E-state index is 13.2. The summed E-state index contributed by atoms with van der Waals surface area (Å²) in [5.74, 6) is -1.10. The van der Waals surface area contributed by atoms with Crippen molar-refractivity contribution in [2.75, 3.05) is 5.32 Å². The summed E-state index contributed by atoms with van der Waals surface area (Å²) in [7, 11) is 0. The molecule has 0 aliphatic heterocycles. The van der Waals surface area contributed by atoms with Gasteiger partial charge in [0.2, 0.25) is 0 Å². The molecule has 0 amide bonds. The van der Waals surface area contributed by atoms with Crippen LogP contribution >= 0.6 is 11.3 Å². The molecule has 0 fully saturated rings. The minimum Gasteiger partial charge on any atom is -0.355 e. The second-order valence-corrected chi connectivity index (χ2v) is 6.14. The van der Waals surface area contributed by atoms with Gasteiger partial charge < -0.3 is 5.32 Å². The van der Waals surface area contributed by atoms with Crippen LogP contribution in [0.2, 0.25) is 0 Å². The van der Waals surface area contributed by atoms with Crippen molar-refractivity contribution in [3.8, 4) is 17.3 Å². The molecule has 0 atom stereocenters. The number of halogens is 2. The molecule has 27 heavy (non-hydrogen) atoms. The average Bonchev–Trinajstić information content (AvgIpc) is 3.13. The number of aromatic nitrogens is 1. The average molecular weight is 384 g/mol. The van der Waals surface area contributed by atoms with E-state index in [2.05, 4.69) is 10.3 Å². The summed E-state index contributed by atoms with van der Waals surface area (Å²) in [5, 5.41) is 25.1. The minimum absolute atomic E-state index is 0.0458. The summed E-state index contributed by atoms with van der Waals surface area (Å²) < 4.78 is 26.2. The van der Waals surface area contributed by atoms with Gasteiger partial charge in [0, 0.05) is 17.1 Å². The first kappa shape index (κ1) is 18.2. The first-order chi connectivity index (χ1) is 13.0. The van der Waals surface area contributed by atoms with E-state index >= 15 is 0 Å². The third-order valence-corrected chi connectivity index (χ3v) is 4.40. The number of nitro groups is 1. The van der Waals surface area contributed by atoms with Gasteiger partial charge in [0.1, 0.15) is 34.0 Å². The first-order valence-electron chi connectivity index (χ1n) is 7.50. The summed E-state index contributed by atoms with van der Waals surface area (Å²) >= 11 is 1.20. The number of nitrogens with one attached hydrogen (secondary N) is 1. The molecule has 3 rings (SSSR count). The number of rotatable bonds is 5. The van der Waals surface area contributed by atoms with Gasteiger partial charge in [0.25, 0.3) is 5.69 Å². The Balaban J connectivity index is 1.87. The second kappa shape index (κ2) is 7.72. The highest BCUT2D eigenvalue weighted by atomic mass is 32.1. The number of nitro benzene ring substituents is 1. The molecule has 6 nitrogen and oxygen atoms in total. The molecule has 0 radical (unpaired) electrons. The van der Waals surface area contributed by atoms with Gasteiger partial charge in [-0.2, -0.15) is 5.26 Å². The van der Waals surface area contributed by atoms with E-state index in [1.54, 1.807) is 17.5 Å². The molecular weight excluding hydrogens is 374 g/mol. The molecule has 0 spiro atoms. The fourth-order valence-corrected chi connectivity index (χ4v) is 3.01. The zero-order chi connectivity index (χ0) is 19.4. The molecule has 0 saturated carbocycles. The van der Waals surface area contributed by atoms with Gasteiger partial charge in [0.15, 0.2) is 0 Å². The van der Waals surface area contributed by atoms with E-state index in [9.17, 15) is 24.2 Å². The van der Waals surface area contributed by atoms with Gasteiger partial charge in [-0.1, -0.05) is 0 Å². The number of allylic oxidation sites excluding steroid dienone is 1. The van der Waals surface area contributed by atoms with E-state index in [4.69, 9.17) is 0 Å². The van der Waals surface area contributed by atoms with Crippen molar-refractivity contribution in [3.63, 3.8) is 0 Å². The van der Waals surface area contributed by atoms with Crippen LogP contribution in [0.4, 0.5) is 20.2 Å². The molecule has 0 unspecified atom stereocenters. The quantitative estimate of drug-likeness (QED) is 0.381. The van der Waals surface area contributed by atoms with Crippen molar-refractivity contribution >= 4 is 28.3 Å². The van der Waals surface area contributed by atoms with Gasteiger partial charge in [-0.3, -0.25) is 10.1 Å². The largest absolute Gasteiger partial charge is 0.355 e. The minimum atomic E-state index is -0.736. The maximum Gasteiger partial charge on any atom is 0.295 e. The maximum absolute atomic E-state index is 13.2. The van der Waals surface area contributed by atoms with Crippen LogP contribution in [0.5, 0.6) is 0 Å². The van der Waals surface area contributed by atoms with Crippen molar-refractivity contribution in [2.45, 2.75) is 0 Å². The van der Waals surface area contributed by atoms with Crippen LogP contribution in [-0.4, -0.2) is 9.91 Å². The standard InChI is InChI=1S/C18H10F2N4O2S/c19-13-3-1-11(2-4-13)16-10-27-18(23-16)12(8-21)9-22-15-6-5-14(20)7-17(15)24(25)26/h1-7,9-10,22H/b12-9-. The summed E-state index contributed by atoms with van der Waals surface area (Å²) in [6.07, 6.45) is 1.27. The monoisotopic (exact) mass is 384 g/mol. The molecule has 0 bridgehead atoms. The lowest BCUT2D eigenvalue weighted by Crippen LogP contribution is -1.97. The molecular formula is C18H10F2N4O2S. The molecule has 2 aromatic carbocycles. The zero-order valence-corrected chi connectivity index (χ0v) is 14.3. The molecule has 1 aromatic heterocycles. The topological polar surface area (TPSA) is 91.8 Å². The molecule has 1 heterocycles. The van der Waals surface area contributed by atoms with E-state index < -0.39 is 16.4 Å². The van der Waals surface area contributed by atoms with Crippen LogP contribution < -0.4 is 5.32 Å². The summed E-state index contributed by atoms with van der Waals surface area (Å²) in [4.78, 5) is 14.6. The Morgan fingerprint density at radius 2 is 1.93 bits per heavy atom. The van der Waals surface area contributed by atoms with Crippen LogP contribution in [0.15, 0.2) is 54.0 Å². The lowest BCUT2D eigenvalue weighted by atomic mass is 10.2. The third-order valence-electron chi connectivity index (χ3n) is 3.52. The Labute approximate surface area is 156 Å². The van der Waals surface area contributed by atoms with Crippen LogP contribution in [0, 0.1) is 33.1 Å². The van der Waals surface area contributed by atoms with Crippen molar-refractivity contribution in [1.29, 1.82) is 5.26 Å². The van der Waals surface area contributed by atoms with E-state index in [-0.39, 0.29) is 17.1 Å². The van der Waals surface area contributed by atoms with Crippen molar-refractivity contribution in [2.24, 2.45) is 0 Å². The molecule has 134 valence electrons. The number of hydrogen-bond donors (Lipinski definition) is 1. The number of hydrogen-bond acceptors (Lipinski definition) is 6. The number of thiazole rings is 1. The fraction of sp³-hybridized carbons (Fsp3) is 0. The van der Waals surface area contributed by atoms with Gasteiger partial charge in [-0.15, -0.1) is 11.3 Å². The normalized spacial score (nSPS) is 11.1. The predicted octanol–water partition coefficient (Wildman–Crippen LogP) is 4.97. The Morgan fingerprint density at radius 1 is 1.22 bits per heavy atom. The van der Waals surface area contributed by atoms with Gasteiger partial charge in [-0.05, 0) is 36.4 Å². The molecule has 0 saturated heterocycles. The molecule has 3 aromatic rings. The van der Waals surface area contributed by atoms with E-state index in [1.807, 2.05) is 6.07 Å². The van der Waals surface area contributed by atoms with Crippen LogP contribution in [0.3, 0.4) is 0 Å². The molecule has 0 aliphatic carbocycles. The van der Waals surface area contributed by atoms with E-state index in [0.29, 0.717) is 16.3 Å². The van der Waals surface area contributed by atoms with Crippen molar-refractivity contribution < 1.29 is 13.7 Å². The third kappa shape index (κ3) is 4.13. The summed E-state index contributed by atoms with van der Waals surface area (Å²) in [5.41, 5.74) is 1.01. The molecule has 9 heteroatoms. The highest BCUT2D eigenvalue weighted by Crippen LogP contribution is 2.28. The number of anilines is 1. The van der Waals surface area contributed by atoms with Crippen LogP contribution in [-0.2, 0) is 0 Å². The Morgan fingerprint density at radius 3 is 2.59 bits per heavy atom. The molecule has 0 aliphatic rings. The predicted molar refractivity (Wildman–Crippen MR) is 97.8 cm³/mol. The summed E-state index contributed by atoms with van der Waals surface area (Å²) in [6, 6.07) is 10.8. The van der Waals surface area contributed by atoms with Gasteiger partial charge in [-0.25, -0.2) is 13.8 Å².